The minimum atomic E-state index is -4.81. The maximum atomic E-state index is 15.3. The zero-order valence-corrected chi connectivity index (χ0v) is 28.3. The van der Waals surface area contributed by atoms with E-state index < -0.39 is 65.8 Å². The van der Waals surface area contributed by atoms with Crippen LogP contribution in [0.5, 0.6) is 0 Å². The molecule has 1 aliphatic carbocycles. The van der Waals surface area contributed by atoms with E-state index in [9.17, 15) is 37.1 Å². The standard InChI is InChI=1S/C36H41F6N3O4/c1-19(2)11-29(45-18-23(8-10-44(5)6)27(16-30(45)46)36(40,41)42)34(49)43-28(17-31(47)48)24-14-22-7-9-35(38,39)33(22)26(15-24)32-20(3)12-25(37)13-21(32)4/h12-16,18-19,28-29H,7-11,17H2,1-6H3,(H,43,49)(H,47,48)/t28-,29-/m1/s1. The smallest absolute Gasteiger partial charge is 0.416 e. The Morgan fingerprint density at radius 3 is 2.24 bits per heavy atom. The lowest BCUT2D eigenvalue weighted by atomic mass is 9.86. The molecular formula is C36H41F6N3O4. The molecule has 1 heterocycles. The van der Waals surface area contributed by atoms with E-state index >= 15 is 8.78 Å². The number of carboxylic acid groups (broad SMARTS) is 1. The first-order valence-electron chi connectivity index (χ1n) is 16.0. The minimum absolute atomic E-state index is 0.0250. The van der Waals surface area contributed by atoms with E-state index in [1.807, 2.05) is 0 Å². The predicted octanol–water partition coefficient (Wildman–Crippen LogP) is 7.35. The summed E-state index contributed by atoms with van der Waals surface area (Å²) in [6.45, 7) is 6.92. The van der Waals surface area contributed by atoms with Gasteiger partial charge in [0.25, 0.3) is 11.5 Å². The molecule has 0 saturated heterocycles. The normalized spacial score (nSPS) is 15.4. The number of hydrogen-bond acceptors (Lipinski definition) is 4. The average molecular weight is 694 g/mol. The molecule has 49 heavy (non-hydrogen) atoms. The van der Waals surface area contributed by atoms with Crippen molar-refractivity contribution in [1.29, 1.82) is 0 Å². The number of pyridine rings is 1. The van der Waals surface area contributed by atoms with E-state index in [0.29, 0.717) is 22.8 Å². The Morgan fingerprint density at radius 2 is 1.69 bits per heavy atom. The summed E-state index contributed by atoms with van der Waals surface area (Å²) in [7, 11) is 3.37. The van der Waals surface area contributed by atoms with Crippen LogP contribution in [0, 0.1) is 25.6 Å². The second-order valence-electron chi connectivity index (χ2n) is 13.5. The first-order chi connectivity index (χ1) is 22.7. The van der Waals surface area contributed by atoms with Gasteiger partial charge in [0.15, 0.2) is 0 Å². The fourth-order valence-electron chi connectivity index (χ4n) is 6.64. The van der Waals surface area contributed by atoms with Gasteiger partial charge in [0.2, 0.25) is 5.91 Å². The number of carbonyl (C=O) groups is 2. The highest BCUT2D eigenvalue weighted by Crippen LogP contribution is 2.49. The molecule has 7 nitrogen and oxygen atoms in total. The molecule has 0 radical (unpaired) electrons. The number of amides is 1. The van der Waals surface area contributed by atoms with Crippen LogP contribution in [0.1, 0.15) is 84.1 Å². The number of aliphatic carboxylic acids is 1. The molecule has 1 aromatic heterocycles. The molecule has 0 fully saturated rings. The summed E-state index contributed by atoms with van der Waals surface area (Å²) in [5.74, 6) is -6.11. The van der Waals surface area contributed by atoms with E-state index in [0.717, 1.165) is 10.8 Å². The molecule has 0 spiro atoms. The van der Waals surface area contributed by atoms with Gasteiger partial charge in [0.05, 0.1) is 18.0 Å². The van der Waals surface area contributed by atoms with Gasteiger partial charge in [0.1, 0.15) is 11.9 Å². The molecule has 0 aliphatic heterocycles. The van der Waals surface area contributed by atoms with Crippen LogP contribution in [0.2, 0.25) is 0 Å². The quantitative estimate of drug-likeness (QED) is 0.194. The SMILES string of the molecule is Cc1cc(F)cc(C)c1-c1cc([C@@H](CC(=O)O)NC(=O)[C@@H](CC(C)C)n2cc(CCN(C)C)c(C(F)(F)F)cc2=O)cc2c1C(F)(F)CC2. The molecule has 2 atom stereocenters. The molecule has 2 N–H and O–H groups in total. The van der Waals surface area contributed by atoms with E-state index in [1.54, 1.807) is 46.7 Å². The third-order valence-electron chi connectivity index (χ3n) is 8.81. The first-order valence-corrected chi connectivity index (χ1v) is 16.0. The molecule has 0 unspecified atom stereocenters. The van der Waals surface area contributed by atoms with Crippen molar-refractivity contribution in [2.75, 3.05) is 20.6 Å². The van der Waals surface area contributed by atoms with E-state index in [2.05, 4.69) is 5.32 Å². The second kappa shape index (κ2) is 14.4. The number of aromatic nitrogens is 1. The number of nitrogens with one attached hydrogen (secondary N) is 1. The van der Waals surface area contributed by atoms with Crippen LogP contribution in [-0.4, -0.2) is 47.1 Å². The highest BCUT2D eigenvalue weighted by molar-refractivity contribution is 5.82. The Labute approximate surface area is 280 Å². The molecule has 13 heteroatoms. The molecule has 1 aliphatic rings. The largest absolute Gasteiger partial charge is 0.481 e. The van der Waals surface area contributed by atoms with E-state index in [4.69, 9.17) is 0 Å². The lowest BCUT2D eigenvalue weighted by molar-refractivity contribution is -0.139. The molecular weight excluding hydrogens is 652 g/mol. The third kappa shape index (κ3) is 8.55. The minimum Gasteiger partial charge on any atom is -0.481 e. The summed E-state index contributed by atoms with van der Waals surface area (Å²) in [6.07, 6.45) is -4.98. The summed E-state index contributed by atoms with van der Waals surface area (Å²) in [5.41, 5.74) is -0.874. The second-order valence-corrected chi connectivity index (χ2v) is 13.5. The van der Waals surface area contributed by atoms with Crippen molar-refractivity contribution in [1.82, 2.24) is 14.8 Å². The fourth-order valence-corrected chi connectivity index (χ4v) is 6.64. The van der Waals surface area contributed by atoms with E-state index in [1.165, 1.54) is 24.3 Å². The maximum absolute atomic E-state index is 15.3. The number of benzene rings is 2. The summed E-state index contributed by atoms with van der Waals surface area (Å²) in [5, 5.41) is 12.5. The average Bonchev–Trinajstić information content (AvgIpc) is 3.27. The van der Waals surface area contributed by atoms with Gasteiger partial charge < -0.3 is 19.9 Å². The van der Waals surface area contributed by atoms with Crippen molar-refractivity contribution < 1.29 is 41.0 Å². The van der Waals surface area contributed by atoms with Crippen molar-refractivity contribution in [3.8, 4) is 11.1 Å². The number of rotatable bonds is 12. The predicted molar refractivity (Wildman–Crippen MR) is 173 cm³/mol. The fraction of sp³-hybridized carbons (Fsp3) is 0.472. The number of aryl methyl sites for hydroxylation is 3. The third-order valence-corrected chi connectivity index (χ3v) is 8.81. The number of alkyl halides is 5. The summed E-state index contributed by atoms with van der Waals surface area (Å²) < 4.78 is 87.6. The Hall–Kier alpha value is -4.13. The Kier molecular flexibility index (Phi) is 11.1. The van der Waals surface area contributed by atoms with Crippen LogP contribution >= 0.6 is 0 Å². The maximum Gasteiger partial charge on any atom is 0.416 e. The van der Waals surface area contributed by atoms with Crippen LogP contribution in [0.4, 0.5) is 26.3 Å². The monoisotopic (exact) mass is 693 g/mol. The number of carboxylic acids is 1. The van der Waals surface area contributed by atoms with Crippen molar-refractivity contribution in [3.63, 3.8) is 0 Å². The van der Waals surface area contributed by atoms with Crippen molar-refractivity contribution in [2.45, 2.75) is 84.0 Å². The number of likely N-dealkylation sites (N-methyl/N-ethyl adjacent to an activating group) is 1. The Morgan fingerprint density at radius 1 is 1.06 bits per heavy atom. The number of hydrogen-bond donors (Lipinski definition) is 2. The summed E-state index contributed by atoms with van der Waals surface area (Å²) in [6, 6.07) is 3.15. The molecule has 3 aromatic rings. The Balaban J connectivity index is 1.85. The molecule has 0 bridgehead atoms. The van der Waals surface area contributed by atoms with Gasteiger partial charge in [0, 0.05) is 30.8 Å². The van der Waals surface area contributed by atoms with Crippen LogP contribution < -0.4 is 10.9 Å². The van der Waals surface area contributed by atoms with Gasteiger partial charge in [-0.3, -0.25) is 14.4 Å². The van der Waals surface area contributed by atoms with Crippen molar-refractivity contribution in [2.24, 2.45) is 5.92 Å². The van der Waals surface area contributed by atoms with Gasteiger partial charge in [-0.05, 0) is 110 Å². The lowest BCUT2D eigenvalue weighted by Gasteiger charge is -2.27. The molecule has 1 amide bonds. The molecule has 0 saturated carbocycles. The molecule has 266 valence electrons. The molecule has 2 aromatic carbocycles. The first kappa shape index (κ1) is 37.7. The Bertz CT molecular complexity index is 1780. The summed E-state index contributed by atoms with van der Waals surface area (Å²) in [4.78, 5) is 41.0. The lowest BCUT2D eigenvalue weighted by Crippen LogP contribution is -2.40. The molecule has 4 rings (SSSR count). The van der Waals surface area contributed by atoms with Gasteiger partial charge in [-0.25, -0.2) is 13.2 Å². The highest BCUT2D eigenvalue weighted by atomic mass is 19.4. The van der Waals surface area contributed by atoms with Gasteiger partial charge in [-0.15, -0.1) is 0 Å². The van der Waals surface area contributed by atoms with Gasteiger partial charge in [-0.1, -0.05) is 19.9 Å². The van der Waals surface area contributed by atoms with E-state index in [-0.39, 0.29) is 59.5 Å². The van der Waals surface area contributed by atoms with Crippen LogP contribution in [0.15, 0.2) is 41.3 Å². The number of fused-ring (bicyclic) bond motifs is 1. The van der Waals surface area contributed by atoms with Gasteiger partial charge in [-0.2, -0.15) is 13.2 Å². The zero-order chi connectivity index (χ0) is 36.6. The zero-order valence-electron chi connectivity index (χ0n) is 28.3. The van der Waals surface area contributed by atoms with Crippen LogP contribution in [0.25, 0.3) is 11.1 Å². The topological polar surface area (TPSA) is 91.6 Å². The highest BCUT2D eigenvalue weighted by Gasteiger charge is 2.43. The summed E-state index contributed by atoms with van der Waals surface area (Å²) >= 11 is 0. The number of halogens is 6. The van der Waals surface area contributed by atoms with Crippen molar-refractivity contribution in [3.05, 3.63) is 91.6 Å². The van der Waals surface area contributed by atoms with Crippen LogP contribution in [-0.2, 0) is 34.5 Å². The number of nitrogens with zero attached hydrogens (tertiary/aromatic N) is 2. The van der Waals surface area contributed by atoms with Gasteiger partial charge >= 0.3 is 12.1 Å². The van der Waals surface area contributed by atoms with Crippen molar-refractivity contribution >= 4 is 11.9 Å². The number of carbonyl (C=O) groups excluding carboxylic acids is 1. The van der Waals surface area contributed by atoms with Crippen LogP contribution in [0.3, 0.4) is 0 Å².